The Morgan fingerprint density at radius 2 is 0.885 bits per heavy atom. The van der Waals surface area contributed by atoms with Crippen LogP contribution in [0, 0.1) is 0 Å². The van der Waals surface area contributed by atoms with Crippen molar-refractivity contribution < 1.29 is 37.6 Å². The van der Waals surface area contributed by atoms with Gasteiger partial charge in [-0.25, -0.2) is 0 Å². The van der Waals surface area contributed by atoms with Gasteiger partial charge in [0.2, 0.25) is 0 Å². The van der Waals surface area contributed by atoms with Gasteiger partial charge in [0.05, 0.1) is 13.2 Å². The predicted molar refractivity (Wildman–Crippen MR) is 214 cm³/mol. The zero-order valence-electron chi connectivity index (χ0n) is 33.9. The summed E-state index contributed by atoms with van der Waals surface area (Å²) in [4.78, 5) is 37.2. The van der Waals surface area contributed by atoms with Crippen molar-refractivity contribution in [2.75, 3.05) is 19.8 Å². The van der Waals surface area contributed by atoms with Crippen LogP contribution in [0.5, 0.6) is 0 Å². The second kappa shape index (κ2) is 39.2. The summed E-state index contributed by atoms with van der Waals surface area (Å²) >= 11 is 0. The lowest BCUT2D eigenvalue weighted by atomic mass is 10.1. The molecule has 0 aliphatic rings. The summed E-state index contributed by atoms with van der Waals surface area (Å²) in [7, 11) is -4.56. The highest BCUT2D eigenvalue weighted by Gasteiger charge is 2.21. The summed E-state index contributed by atoms with van der Waals surface area (Å²) in [5.41, 5.74) is 0. The molecular weight excluding hydrogens is 675 g/mol. The van der Waals surface area contributed by atoms with Crippen LogP contribution in [0.2, 0.25) is 0 Å². The smallest absolute Gasteiger partial charge is 0.306 e. The average molecular weight is 756 g/mol. The maximum absolute atomic E-state index is 12.6. The number of hydrogen-bond donors (Lipinski definition) is 0. The lowest BCUT2D eigenvalue weighted by Crippen LogP contribution is -2.30. The maximum Gasteiger partial charge on any atom is 0.306 e. The molecule has 0 fully saturated rings. The van der Waals surface area contributed by atoms with Crippen molar-refractivity contribution >= 4 is 19.8 Å². The molecule has 0 aliphatic carbocycles. The first-order chi connectivity index (χ1) is 25.3. The van der Waals surface area contributed by atoms with Crippen LogP contribution in [-0.2, 0) is 32.7 Å². The Morgan fingerprint density at radius 1 is 0.500 bits per heavy atom. The fourth-order valence-electron chi connectivity index (χ4n) is 5.83. The number of phosphoric acid groups is 1. The van der Waals surface area contributed by atoms with Crippen molar-refractivity contribution in [3.63, 3.8) is 0 Å². The minimum Gasteiger partial charge on any atom is -0.756 e. The van der Waals surface area contributed by atoms with Gasteiger partial charge in [0.1, 0.15) is 6.61 Å². The number of carbonyl (C=O) groups excluding carboxylic acids is 2. The molecule has 0 heterocycles. The molecule has 0 spiro atoms. The Morgan fingerprint density at radius 3 is 1.33 bits per heavy atom. The largest absolute Gasteiger partial charge is 0.756 e. The third-order valence-electron chi connectivity index (χ3n) is 9.18. The fraction of sp³-hybridized carbons (Fsp3) is 0.860. The van der Waals surface area contributed by atoms with E-state index in [2.05, 4.69) is 38.2 Å². The Labute approximate surface area is 320 Å². The van der Waals surface area contributed by atoms with Gasteiger partial charge in [0.25, 0.3) is 7.82 Å². The van der Waals surface area contributed by atoms with E-state index >= 15 is 0 Å². The third kappa shape index (κ3) is 38.3. The van der Waals surface area contributed by atoms with Crippen LogP contribution >= 0.6 is 7.82 Å². The monoisotopic (exact) mass is 756 g/mol. The third-order valence-corrected chi connectivity index (χ3v) is 10.1. The van der Waals surface area contributed by atoms with Gasteiger partial charge in [-0.1, -0.05) is 154 Å². The van der Waals surface area contributed by atoms with E-state index in [4.69, 9.17) is 18.5 Å². The molecule has 0 bridgehead atoms. The number of unbranched alkanes of at least 4 members (excludes halogenated alkanes) is 23. The second-order valence-corrected chi connectivity index (χ2v) is 15.8. The highest BCUT2D eigenvalue weighted by Crippen LogP contribution is 2.38. The molecular formula is C43H80O8P-. The van der Waals surface area contributed by atoms with Crippen LogP contribution in [0.25, 0.3) is 0 Å². The number of carbonyl (C=O) groups is 2. The number of hydrogen-bond acceptors (Lipinski definition) is 8. The predicted octanol–water partition coefficient (Wildman–Crippen LogP) is 12.8. The topological polar surface area (TPSA) is 111 Å². The molecule has 2 unspecified atom stereocenters. The van der Waals surface area contributed by atoms with Crippen molar-refractivity contribution in [1.29, 1.82) is 0 Å². The number of allylic oxidation sites excluding steroid dienone is 4. The Kier molecular flexibility index (Phi) is 38.1. The van der Waals surface area contributed by atoms with Crippen molar-refractivity contribution in [2.24, 2.45) is 0 Å². The van der Waals surface area contributed by atoms with Crippen molar-refractivity contribution in [3.8, 4) is 0 Å². The quantitative estimate of drug-likeness (QED) is 0.0263. The van der Waals surface area contributed by atoms with E-state index in [1.807, 2.05) is 6.92 Å². The zero-order valence-corrected chi connectivity index (χ0v) is 34.8. The van der Waals surface area contributed by atoms with Crippen LogP contribution in [0.3, 0.4) is 0 Å². The van der Waals surface area contributed by atoms with E-state index in [0.717, 1.165) is 77.0 Å². The van der Waals surface area contributed by atoms with Gasteiger partial charge in [0.15, 0.2) is 6.10 Å². The molecule has 0 radical (unpaired) electrons. The van der Waals surface area contributed by atoms with Crippen molar-refractivity contribution in [2.45, 2.75) is 219 Å². The Bertz CT molecular complexity index is 906. The van der Waals surface area contributed by atoms with Gasteiger partial charge in [-0.3, -0.25) is 14.2 Å². The molecule has 0 aromatic heterocycles. The van der Waals surface area contributed by atoms with Gasteiger partial charge in [0, 0.05) is 12.8 Å². The molecule has 0 aromatic rings. The van der Waals surface area contributed by atoms with Crippen LogP contribution in [0.4, 0.5) is 0 Å². The van der Waals surface area contributed by atoms with Crippen LogP contribution in [0.15, 0.2) is 24.3 Å². The minimum absolute atomic E-state index is 0.0299. The fourth-order valence-corrected chi connectivity index (χ4v) is 6.61. The zero-order chi connectivity index (χ0) is 38.2. The molecule has 9 heteroatoms. The van der Waals surface area contributed by atoms with Crippen LogP contribution < -0.4 is 4.89 Å². The number of phosphoric ester groups is 1. The highest BCUT2D eigenvalue weighted by molar-refractivity contribution is 7.45. The van der Waals surface area contributed by atoms with E-state index in [1.54, 1.807) is 0 Å². The normalized spacial score (nSPS) is 13.5. The summed E-state index contributed by atoms with van der Waals surface area (Å²) in [5.74, 6) is -0.840. The van der Waals surface area contributed by atoms with Gasteiger partial charge in [-0.2, -0.15) is 0 Å². The number of rotatable bonds is 40. The molecule has 8 nitrogen and oxygen atoms in total. The standard InChI is InChI=1S/C43H81O8P/c1-4-7-10-12-14-16-18-20-22-24-26-28-30-32-34-36-42(44)48-39-41(40-50-52(46,47)49-38-9-6-3)51-43(45)37-35-33-31-29-27-25-23-21-19-17-15-13-11-8-5-2/h20-23,41H,4-19,24-40H2,1-3H3,(H,46,47)/p-1/b22-20+,23-21+. The van der Waals surface area contributed by atoms with Crippen molar-refractivity contribution in [1.82, 2.24) is 0 Å². The van der Waals surface area contributed by atoms with Crippen LogP contribution in [-0.4, -0.2) is 37.9 Å². The molecule has 0 N–H and O–H groups in total. The molecule has 0 aliphatic heterocycles. The molecule has 52 heavy (non-hydrogen) atoms. The van der Waals surface area contributed by atoms with Crippen molar-refractivity contribution in [3.05, 3.63) is 24.3 Å². The lowest BCUT2D eigenvalue weighted by Gasteiger charge is -2.25. The minimum atomic E-state index is -4.56. The first-order valence-electron chi connectivity index (χ1n) is 21.6. The average Bonchev–Trinajstić information content (AvgIpc) is 3.12. The molecule has 0 rings (SSSR count). The van der Waals surface area contributed by atoms with E-state index in [9.17, 15) is 19.0 Å². The summed E-state index contributed by atoms with van der Waals surface area (Å²) in [6.45, 7) is 5.75. The summed E-state index contributed by atoms with van der Waals surface area (Å²) in [6, 6.07) is 0. The second-order valence-electron chi connectivity index (χ2n) is 14.4. The van der Waals surface area contributed by atoms with Gasteiger partial charge < -0.3 is 23.4 Å². The number of esters is 2. The highest BCUT2D eigenvalue weighted by atomic mass is 31.2. The van der Waals surface area contributed by atoms with E-state index in [1.165, 1.54) is 89.9 Å². The Balaban J connectivity index is 4.25. The van der Waals surface area contributed by atoms with E-state index < -0.39 is 26.5 Å². The van der Waals surface area contributed by atoms with Gasteiger partial charge in [-0.05, 0) is 70.6 Å². The van der Waals surface area contributed by atoms with E-state index in [0.29, 0.717) is 12.8 Å². The SMILES string of the molecule is CCCCCCCC/C=C/CCCCCCCC(=O)OCC(COP(=O)([O-])OCCCC)OC(=O)CCCCCCC/C=C/CCCCCCCC. The number of ether oxygens (including phenoxy) is 2. The maximum atomic E-state index is 12.6. The molecule has 0 amide bonds. The molecule has 0 saturated carbocycles. The molecule has 0 aromatic carbocycles. The van der Waals surface area contributed by atoms with Crippen LogP contribution in [0.1, 0.15) is 213 Å². The first-order valence-corrected chi connectivity index (χ1v) is 23.1. The molecule has 306 valence electrons. The lowest BCUT2D eigenvalue weighted by molar-refractivity contribution is -0.228. The first kappa shape index (κ1) is 50.5. The Hall–Kier alpha value is -1.47. The summed E-state index contributed by atoms with van der Waals surface area (Å²) in [5, 5.41) is 0. The molecule has 0 saturated heterocycles. The summed E-state index contributed by atoms with van der Waals surface area (Å²) < 4.78 is 32.9. The van der Waals surface area contributed by atoms with Gasteiger partial charge >= 0.3 is 11.9 Å². The summed E-state index contributed by atoms with van der Waals surface area (Å²) in [6.07, 6.45) is 40.6. The van der Waals surface area contributed by atoms with Gasteiger partial charge in [-0.15, -0.1) is 0 Å². The van der Waals surface area contributed by atoms with E-state index in [-0.39, 0.29) is 32.0 Å². The molecule has 2 atom stereocenters.